The van der Waals surface area contributed by atoms with Crippen LogP contribution in [0.3, 0.4) is 0 Å². The molecule has 0 radical (unpaired) electrons. The van der Waals surface area contributed by atoms with Crippen LogP contribution in [0.4, 0.5) is 18.9 Å². The van der Waals surface area contributed by atoms with E-state index in [9.17, 15) is 18.0 Å². The van der Waals surface area contributed by atoms with Gasteiger partial charge in [0.05, 0.1) is 5.56 Å². The van der Waals surface area contributed by atoms with Crippen molar-refractivity contribution >= 4 is 11.6 Å². The average Bonchev–Trinajstić information content (AvgIpc) is 2.56. The van der Waals surface area contributed by atoms with E-state index in [0.29, 0.717) is 19.5 Å². The Bertz CT molecular complexity index is 679. The number of hydrogen-bond donors (Lipinski definition) is 2. The van der Waals surface area contributed by atoms with Crippen LogP contribution in [0.2, 0.25) is 0 Å². The number of carbonyl (C=O) groups excluding carboxylic acids is 1. The van der Waals surface area contributed by atoms with Gasteiger partial charge in [0.1, 0.15) is 0 Å². The molecule has 0 heterocycles. The molecule has 0 spiro atoms. The van der Waals surface area contributed by atoms with Gasteiger partial charge in [0.25, 0.3) is 0 Å². The average molecular weight is 350 g/mol. The van der Waals surface area contributed by atoms with E-state index in [1.165, 1.54) is 12.1 Å². The van der Waals surface area contributed by atoms with Crippen molar-refractivity contribution in [3.63, 3.8) is 0 Å². The number of nitrogens with one attached hydrogen (secondary N) is 2. The Labute approximate surface area is 145 Å². The molecular weight excluding hydrogens is 329 g/mol. The van der Waals surface area contributed by atoms with Gasteiger partial charge in [-0.25, -0.2) is 0 Å². The third kappa shape index (κ3) is 6.23. The van der Waals surface area contributed by atoms with E-state index >= 15 is 0 Å². The van der Waals surface area contributed by atoms with E-state index < -0.39 is 11.7 Å². The molecule has 0 bridgehead atoms. The molecule has 2 N–H and O–H groups in total. The molecule has 0 aromatic heterocycles. The number of anilines is 1. The highest BCUT2D eigenvalue weighted by Crippen LogP contribution is 2.29. The molecule has 1 amide bonds. The largest absolute Gasteiger partial charge is 0.416 e. The molecular formula is C19H21F3N2O. The molecule has 0 saturated heterocycles. The maximum Gasteiger partial charge on any atom is 0.416 e. The summed E-state index contributed by atoms with van der Waals surface area (Å²) in [4.78, 5) is 11.5. The molecule has 0 aliphatic carbocycles. The molecule has 0 aliphatic rings. The fourth-order valence-corrected chi connectivity index (χ4v) is 2.32. The van der Waals surface area contributed by atoms with Crippen molar-refractivity contribution in [3.05, 3.63) is 65.2 Å². The van der Waals surface area contributed by atoms with Gasteiger partial charge in [-0.1, -0.05) is 31.2 Å². The van der Waals surface area contributed by atoms with Crippen molar-refractivity contribution in [2.24, 2.45) is 0 Å². The fraction of sp³-hybridized carbons (Fsp3) is 0.316. The van der Waals surface area contributed by atoms with E-state index in [4.69, 9.17) is 0 Å². The van der Waals surface area contributed by atoms with Crippen LogP contribution in [0.5, 0.6) is 0 Å². The normalized spacial score (nSPS) is 11.4. The molecule has 0 fully saturated rings. The summed E-state index contributed by atoms with van der Waals surface area (Å²) in [6.45, 7) is 3.02. The topological polar surface area (TPSA) is 41.1 Å². The highest BCUT2D eigenvalue weighted by atomic mass is 19.4. The van der Waals surface area contributed by atoms with Crippen LogP contribution in [0.15, 0.2) is 48.5 Å². The fourth-order valence-electron chi connectivity index (χ4n) is 2.32. The highest BCUT2D eigenvalue weighted by molar-refractivity contribution is 5.90. The molecule has 3 nitrogen and oxygen atoms in total. The van der Waals surface area contributed by atoms with E-state index in [-0.39, 0.29) is 5.91 Å². The van der Waals surface area contributed by atoms with Crippen LogP contribution in [0.25, 0.3) is 0 Å². The summed E-state index contributed by atoms with van der Waals surface area (Å²) in [5.74, 6) is -0.00400. The van der Waals surface area contributed by atoms with E-state index in [1.54, 1.807) is 0 Å². The summed E-state index contributed by atoms with van der Waals surface area (Å²) in [5.41, 5.74) is 1.93. The Morgan fingerprint density at radius 3 is 1.92 bits per heavy atom. The molecule has 134 valence electrons. The minimum atomic E-state index is -4.31. The summed E-state index contributed by atoms with van der Waals surface area (Å²) in [5, 5.41) is 6.01. The van der Waals surface area contributed by atoms with Crippen LogP contribution >= 0.6 is 0 Å². The molecule has 2 aromatic rings. The maximum absolute atomic E-state index is 12.5. The van der Waals surface area contributed by atoms with Crippen molar-refractivity contribution in [1.82, 2.24) is 5.32 Å². The number of amides is 1. The quantitative estimate of drug-likeness (QED) is 0.758. The zero-order valence-electron chi connectivity index (χ0n) is 14.0. The van der Waals surface area contributed by atoms with E-state index in [2.05, 4.69) is 10.6 Å². The predicted molar refractivity (Wildman–Crippen MR) is 92.0 cm³/mol. The van der Waals surface area contributed by atoms with E-state index in [1.807, 2.05) is 31.2 Å². The van der Waals surface area contributed by atoms with Crippen molar-refractivity contribution in [3.8, 4) is 0 Å². The molecule has 6 heteroatoms. The summed E-state index contributed by atoms with van der Waals surface area (Å²) < 4.78 is 37.5. The summed E-state index contributed by atoms with van der Waals surface area (Å²) in [7, 11) is 0. The second kappa shape index (κ2) is 8.67. The summed E-state index contributed by atoms with van der Waals surface area (Å²) in [6.07, 6.45) is -3.01. The van der Waals surface area contributed by atoms with Gasteiger partial charge in [0, 0.05) is 25.2 Å². The molecule has 2 aromatic carbocycles. The van der Waals surface area contributed by atoms with Gasteiger partial charge in [-0.2, -0.15) is 13.2 Å². The molecule has 0 unspecified atom stereocenters. The van der Waals surface area contributed by atoms with Crippen LogP contribution in [0.1, 0.15) is 36.5 Å². The Balaban J connectivity index is 1.80. The van der Waals surface area contributed by atoms with Gasteiger partial charge in [-0.05, 0) is 41.8 Å². The zero-order chi connectivity index (χ0) is 18.3. The Hall–Kier alpha value is -2.34. The first-order valence-corrected chi connectivity index (χ1v) is 8.14. The second-order valence-electron chi connectivity index (χ2n) is 5.79. The van der Waals surface area contributed by atoms with Crippen LogP contribution in [-0.2, 0) is 24.1 Å². The lowest BCUT2D eigenvalue weighted by Gasteiger charge is -2.09. The van der Waals surface area contributed by atoms with Crippen molar-refractivity contribution in [1.29, 1.82) is 0 Å². The Morgan fingerprint density at radius 1 is 0.920 bits per heavy atom. The minimum absolute atomic E-state index is 0.00400. The SMILES string of the molecule is CCCC(=O)Nc1ccc(CNCc2ccc(C(F)(F)F)cc2)cc1. The standard InChI is InChI=1S/C19H21F3N2O/c1-2-3-18(25)24-17-10-6-15(7-11-17)13-23-12-14-4-8-16(9-5-14)19(20,21)22/h4-11,23H,2-3,12-13H2,1H3,(H,24,25). The lowest BCUT2D eigenvalue weighted by Crippen LogP contribution is -2.13. The number of carbonyl (C=O) groups is 1. The summed E-state index contributed by atoms with van der Waals surface area (Å²) >= 11 is 0. The Morgan fingerprint density at radius 2 is 1.44 bits per heavy atom. The van der Waals surface area contributed by atoms with Crippen LogP contribution < -0.4 is 10.6 Å². The molecule has 0 saturated carbocycles. The molecule has 0 atom stereocenters. The number of halogens is 3. The third-order valence-corrected chi connectivity index (χ3v) is 3.65. The number of alkyl halides is 3. The first kappa shape index (κ1) is 19.0. The van der Waals surface area contributed by atoms with Gasteiger partial charge >= 0.3 is 6.18 Å². The Kier molecular flexibility index (Phi) is 6.58. The maximum atomic E-state index is 12.5. The van der Waals surface area contributed by atoms with Crippen LogP contribution in [0, 0.1) is 0 Å². The minimum Gasteiger partial charge on any atom is -0.326 e. The second-order valence-corrected chi connectivity index (χ2v) is 5.79. The first-order valence-electron chi connectivity index (χ1n) is 8.14. The highest BCUT2D eigenvalue weighted by Gasteiger charge is 2.29. The third-order valence-electron chi connectivity index (χ3n) is 3.65. The van der Waals surface area contributed by atoms with Crippen molar-refractivity contribution in [2.75, 3.05) is 5.32 Å². The number of benzene rings is 2. The lowest BCUT2D eigenvalue weighted by atomic mass is 10.1. The smallest absolute Gasteiger partial charge is 0.326 e. The molecule has 2 rings (SSSR count). The van der Waals surface area contributed by atoms with Crippen LogP contribution in [-0.4, -0.2) is 5.91 Å². The zero-order valence-corrected chi connectivity index (χ0v) is 14.0. The van der Waals surface area contributed by atoms with Crippen molar-refractivity contribution < 1.29 is 18.0 Å². The van der Waals surface area contributed by atoms with Gasteiger partial charge in [0.2, 0.25) is 5.91 Å². The number of rotatable bonds is 7. The first-order chi connectivity index (χ1) is 11.9. The van der Waals surface area contributed by atoms with Gasteiger partial charge in [-0.15, -0.1) is 0 Å². The molecule has 25 heavy (non-hydrogen) atoms. The lowest BCUT2D eigenvalue weighted by molar-refractivity contribution is -0.137. The molecule has 0 aliphatic heterocycles. The summed E-state index contributed by atoms with van der Waals surface area (Å²) in [6, 6.07) is 12.6. The monoisotopic (exact) mass is 350 g/mol. The van der Waals surface area contributed by atoms with Gasteiger partial charge in [0.15, 0.2) is 0 Å². The number of hydrogen-bond acceptors (Lipinski definition) is 2. The van der Waals surface area contributed by atoms with Crippen molar-refractivity contribution in [2.45, 2.75) is 39.0 Å². The predicted octanol–water partition coefficient (Wildman–Crippen LogP) is 4.73. The van der Waals surface area contributed by atoms with Gasteiger partial charge in [-0.3, -0.25) is 4.79 Å². The van der Waals surface area contributed by atoms with E-state index in [0.717, 1.165) is 35.4 Å². The van der Waals surface area contributed by atoms with Gasteiger partial charge < -0.3 is 10.6 Å².